The number of ether oxygens (including phenoxy) is 1. The van der Waals surface area contributed by atoms with Crippen LogP contribution in [0.4, 0.5) is 5.82 Å². The lowest BCUT2D eigenvalue weighted by molar-refractivity contribution is 0.0787. The summed E-state index contributed by atoms with van der Waals surface area (Å²) in [5.41, 5.74) is 0.638. The van der Waals surface area contributed by atoms with Crippen LogP contribution in [0.5, 0.6) is 0 Å². The van der Waals surface area contributed by atoms with Crippen molar-refractivity contribution in [3.63, 3.8) is 0 Å². The maximum Gasteiger partial charge on any atom is 0.224 e. The molecule has 112 valence electrons. The Balaban J connectivity index is 2.12. The third kappa shape index (κ3) is 2.95. The van der Waals surface area contributed by atoms with Gasteiger partial charge in [-0.05, 0) is 43.1 Å². The number of aromatic nitrogens is 2. The van der Waals surface area contributed by atoms with Gasteiger partial charge in [-0.2, -0.15) is 4.98 Å². The Kier molecular flexibility index (Phi) is 3.73. The number of anilines is 1. The highest BCUT2D eigenvalue weighted by Gasteiger charge is 2.20. The minimum absolute atomic E-state index is 0.219. The van der Waals surface area contributed by atoms with Gasteiger partial charge in [0.05, 0.1) is 24.3 Å². The van der Waals surface area contributed by atoms with Gasteiger partial charge in [-0.15, -0.1) is 0 Å². The number of aliphatic hydroxyl groups is 1. The van der Waals surface area contributed by atoms with Crippen molar-refractivity contribution >= 4 is 28.3 Å². The van der Waals surface area contributed by atoms with Gasteiger partial charge < -0.3 is 14.7 Å². The van der Waals surface area contributed by atoms with E-state index in [1.54, 1.807) is 13.8 Å². The molecule has 2 aromatic rings. The second-order valence-electron chi connectivity index (χ2n) is 5.71. The Bertz CT molecular complexity index is 664. The topological polar surface area (TPSA) is 58.5 Å². The second-order valence-corrected chi connectivity index (χ2v) is 6.04. The first-order valence-electron chi connectivity index (χ1n) is 6.98. The van der Waals surface area contributed by atoms with Gasteiger partial charge in [-0.1, -0.05) is 6.07 Å². The molecule has 1 aliphatic rings. The highest BCUT2D eigenvalue weighted by Crippen LogP contribution is 2.29. The van der Waals surface area contributed by atoms with Gasteiger partial charge in [0.2, 0.25) is 5.28 Å². The molecule has 21 heavy (non-hydrogen) atoms. The van der Waals surface area contributed by atoms with E-state index in [0.29, 0.717) is 13.2 Å². The molecule has 0 unspecified atom stereocenters. The van der Waals surface area contributed by atoms with E-state index >= 15 is 0 Å². The molecule has 0 spiro atoms. The molecule has 3 rings (SSSR count). The minimum Gasteiger partial charge on any atom is -0.386 e. The Labute approximate surface area is 128 Å². The lowest BCUT2D eigenvalue weighted by Gasteiger charge is -2.29. The Morgan fingerprint density at radius 2 is 1.95 bits per heavy atom. The monoisotopic (exact) mass is 307 g/mol. The standard InChI is InChI=1S/C15H18ClN3O2/c1-15(2,20)10-3-4-11-12(9-10)17-14(16)18-13(11)19-5-7-21-8-6-19/h3-4,9,20H,5-8H2,1-2H3. The zero-order valence-electron chi connectivity index (χ0n) is 12.1. The molecule has 2 heterocycles. The average Bonchev–Trinajstić information content (AvgIpc) is 2.45. The van der Waals surface area contributed by atoms with Crippen molar-refractivity contribution in [2.24, 2.45) is 0 Å². The Hall–Kier alpha value is -1.43. The first kappa shape index (κ1) is 14.5. The quantitative estimate of drug-likeness (QED) is 0.863. The number of morpholine rings is 1. The average molecular weight is 308 g/mol. The molecule has 1 saturated heterocycles. The summed E-state index contributed by atoms with van der Waals surface area (Å²) in [6.45, 7) is 6.45. The SMILES string of the molecule is CC(C)(O)c1ccc2c(N3CCOCC3)nc(Cl)nc2c1. The highest BCUT2D eigenvalue weighted by atomic mass is 35.5. The number of benzene rings is 1. The van der Waals surface area contributed by atoms with Crippen LogP contribution in [-0.4, -0.2) is 41.4 Å². The van der Waals surface area contributed by atoms with Crippen LogP contribution in [0, 0.1) is 0 Å². The van der Waals surface area contributed by atoms with E-state index < -0.39 is 5.60 Å². The van der Waals surface area contributed by atoms with Gasteiger partial charge in [0.25, 0.3) is 0 Å². The predicted octanol–water partition coefficient (Wildman–Crippen LogP) is 2.35. The number of halogens is 1. The first-order valence-corrected chi connectivity index (χ1v) is 7.36. The van der Waals surface area contributed by atoms with Crippen LogP contribution in [-0.2, 0) is 10.3 Å². The lowest BCUT2D eigenvalue weighted by atomic mass is 9.97. The third-order valence-electron chi connectivity index (χ3n) is 3.67. The Morgan fingerprint density at radius 1 is 1.24 bits per heavy atom. The van der Waals surface area contributed by atoms with Gasteiger partial charge in [0, 0.05) is 18.5 Å². The van der Waals surface area contributed by atoms with Crippen molar-refractivity contribution < 1.29 is 9.84 Å². The molecule has 0 saturated carbocycles. The summed E-state index contributed by atoms with van der Waals surface area (Å²) in [7, 11) is 0. The fraction of sp³-hybridized carbons (Fsp3) is 0.467. The lowest BCUT2D eigenvalue weighted by Crippen LogP contribution is -2.37. The van der Waals surface area contributed by atoms with Crippen LogP contribution in [0.1, 0.15) is 19.4 Å². The van der Waals surface area contributed by atoms with E-state index in [1.807, 2.05) is 18.2 Å². The molecule has 1 fully saturated rings. The second kappa shape index (κ2) is 5.40. The van der Waals surface area contributed by atoms with Crippen LogP contribution in [0.3, 0.4) is 0 Å². The van der Waals surface area contributed by atoms with Gasteiger partial charge in [-0.3, -0.25) is 0 Å². The van der Waals surface area contributed by atoms with Crippen molar-refractivity contribution in [3.05, 3.63) is 29.0 Å². The summed E-state index contributed by atoms with van der Waals surface area (Å²) in [6.07, 6.45) is 0. The van der Waals surface area contributed by atoms with Crippen molar-refractivity contribution in [2.75, 3.05) is 31.2 Å². The van der Waals surface area contributed by atoms with E-state index in [1.165, 1.54) is 0 Å². The van der Waals surface area contributed by atoms with E-state index in [2.05, 4.69) is 14.9 Å². The fourth-order valence-corrected chi connectivity index (χ4v) is 2.65. The van der Waals surface area contributed by atoms with Gasteiger partial charge in [-0.25, -0.2) is 4.98 Å². The normalized spacial score (nSPS) is 16.5. The number of hydrogen-bond acceptors (Lipinski definition) is 5. The number of nitrogens with zero attached hydrogens (tertiary/aromatic N) is 3. The highest BCUT2D eigenvalue weighted by molar-refractivity contribution is 6.28. The zero-order valence-corrected chi connectivity index (χ0v) is 12.9. The number of fused-ring (bicyclic) bond motifs is 1. The van der Waals surface area contributed by atoms with Gasteiger partial charge in [0.15, 0.2) is 0 Å². The molecule has 6 heteroatoms. The van der Waals surface area contributed by atoms with E-state index in [0.717, 1.165) is 35.4 Å². The smallest absolute Gasteiger partial charge is 0.224 e. The molecule has 0 aliphatic carbocycles. The summed E-state index contributed by atoms with van der Waals surface area (Å²) in [5.74, 6) is 0.829. The van der Waals surface area contributed by atoms with Crippen LogP contribution in [0.25, 0.3) is 10.9 Å². The molecular formula is C15H18ClN3O2. The largest absolute Gasteiger partial charge is 0.386 e. The molecule has 1 aliphatic heterocycles. The van der Waals surface area contributed by atoms with Crippen molar-refractivity contribution in [1.82, 2.24) is 9.97 Å². The first-order chi connectivity index (χ1) is 9.95. The maximum atomic E-state index is 10.1. The van der Waals surface area contributed by atoms with Crippen LogP contribution in [0.2, 0.25) is 5.28 Å². The van der Waals surface area contributed by atoms with Crippen molar-refractivity contribution in [3.8, 4) is 0 Å². The van der Waals surface area contributed by atoms with E-state index in [9.17, 15) is 5.11 Å². The summed E-state index contributed by atoms with van der Waals surface area (Å²) in [4.78, 5) is 10.8. The molecule has 1 N–H and O–H groups in total. The van der Waals surface area contributed by atoms with Crippen LogP contribution >= 0.6 is 11.6 Å². The van der Waals surface area contributed by atoms with Gasteiger partial charge in [0.1, 0.15) is 5.82 Å². The van der Waals surface area contributed by atoms with E-state index in [-0.39, 0.29) is 5.28 Å². The summed E-state index contributed by atoms with van der Waals surface area (Å²) >= 11 is 6.07. The van der Waals surface area contributed by atoms with E-state index in [4.69, 9.17) is 16.3 Å². The molecule has 5 nitrogen and oxygen atoms in total. The zero-order chi connectivity index (χ0) is 15.0. The van der Waals surface area contributed by atoms with Gasteiger partial charge >= 0.3 is 0 Å². The maximum absolute atomic E-state index is 10.1. The summed E-state index contributed by atoms with van der Waals surface area (Å²) in [5, 5.41) is 11.3. The molecule has 0 bridgehead atoms. The summed E-state index contributed by atoms with van der Waals surface area (Å²) in [6, 6.07) is 5.72. The number of hydrogen-bond donors (Lipinski definition) is 1. The van der Waals surface area contributed by atoms with Crippen LogP contribution in [0.15, 0.2) is 18.2 Å². The predicted molar refractivity (Wildman–Crippen MR) is 82.8 cm³/mol. The summed E-state index contributed by atoms with van der Waals surface area (Å²) < 4.78 is 5.38. The molecule has 1 aromatic carbocycles. The molecule has 0 atom stereocenters. The molecular weight excluding hydrogens is 290 g/mol. The van der Waals surface area contributed by atoms with Crippen LogP contribution < -0.4 is 4.90 Å². The van der Waals surface area contributed by atoms with Crippen molar-refractivity contribution in [1.29, 1.82) is 0 Å². The fourth-order valence-electron chi connectivity index (χ4n) is 2.48. The van der Waals surface area contributed by atoms with Crippen molar-refractivity contribution in [2.45, 2.75) is 19.4 Å². The minimum atomic E-state index is -0.912. The number of rotatable bonds is 2. The molecule has 0 radical (unpaired) electrons. The Morgan fingerprint density at radius 3 is 2.62 bits per heavy atom. The third-order valence-corrected chi connectivity index (χ3v) is 3.84. The molecule has 0 amide bonds. The molecule has 1 aromatic heterocycles.